The second-order valence-electron chi connectivity index (χ2n) is 5.64. The van der Waals surface area contributed by atoms with E-state index in [4.69, 9.17) is 11.6 Å². The molecule has 8 heteroatoms. The van der Waals surface area contributed by atoms with E-state index in [9.17, 15) is 10.1 Å². The summed E-state index contributed by atoms with van der Waals surface area (Å²) >= 11 is 6.13. The zero-order valence-corrected chi connectivity index (χ0v) is 14.9. The summed E-state index contributed by atoms with van der Waals surface area (Å²) in [7, 11) is 1.72. The van der Waals surface area contributed by atoms with Crippen molar-refractivity contribution in [1.29, 1.82) is 0 Å². The number of halogens is 1. The van der Waals surface area contributed by atoms with Crippen LogP contribution in [0.5, 0.6) is 0 Å². The highest BCUT2D eigenvalue weighted by Crippen LogP contribution is 2.36. The highest BCUT2D eigenvalue weighted by molar-refractivity contribution is 6.31. The summed E-state index contributed by atoms with van der Waals surface area (Å²) in [5.74, 6) is 0.291. The fourth-order valence-corrected chi connectivity index (χ4v) is 2.64. The van der Waals surface area contributed by atoms with Crippen molar-refractivity contribution >= 4 is 40.3 Å². The van der Waals surface area contributed by atoms with E-state index in [1.807, 2.05) is 43.3 Å². The maximum atomic E-state index is 11.7. The number of hydrogen-bond donors (Lipinski definition) is 1. The number of nitro groups is 1. The van der Waals surface area contributed by atoms with Crippen molar-refractivity contribution in [2.75, 3.05) is 17.3 Å². The molecule has 1 heterocycles. The van der Waals surface area contributed by atoms with Crippen molar-refractivity contribution in [1.82, 2.24) is 9.97 Å². The number of hydrogen-bond acceptors (Lipinski definition) is 6. The van der Waals surface area contributed by atoms with Crippen LogP contribution >= 0.6 is 11.6 Å². The van der Waals surface area contributed by atoms with E-state index in [2.05, 4.69) is 15.3 Å². The lowest BCUT2D eigenvalue weighted by Gasteiger charge is -2.19. The van der Waals surface area contributed by atoms with Gasteiger partial charge in [0.1, 0.15) is 6.33 Å². The molecule has 2 aromatic carbocycles. The van der Waals surface area contributed by atoms with E-state index >= 15 is 0 Å². The second-order valence-corrected chi connectivity index (χ2v) is 6.04. The quantitative estimate of drug-likeness (QED) is 0.510. The molecule has 0 aliphatic rings. The Morgan fingerprint density at radius 2 is 1.88 bits per heavy atom. The van der Waals surface area contributed by atoms with Crippen molar-refractivity contribution in [2.24, 2.45) is 0 Å². The van der Waals surface area contributed by atoms with Crippen LogP contribution < -0.4 is 10.2 Å². The summed E-state index contributed by atoms with van der Waals surface area (Å²) < 4.78 is 0. The van der Waals surface area contributed by atoms with E-state index in [0.717, 1.165) is 11.3 Å². The fourth-order valence-electron chi connectivity index (χ4n) is 2.46. The number of aryl methyl sites for hydroxylation is 1. The number of nitrogens with zero attached hydrogens (tertiary/aromatic N) is 4. The molecule has 0 amide bonds. The van der Waals surface area contributed by atoms with E-state index in [1.54, 1.807) is 24.1 Å². The van der Waals surface area contributed by atoms with Gasteiger partial charge in [-0.2, -0.15) is 0 Å². The van der Waals surface area contributed by atoms with Gasteiger partial charge in [-0.3, -0.25) is 10.1 Å². The smallest absolute Gasteiger partial charge is 0.334 e. The van der Waals surface area contributed by atoms with Crippen LogP contribution in [0.4, 0.5) is 28.7 Å². The largest absolute Gasteiger partial charge is 0.354 e. The number of nitrogens with one attached hydrogen (secondary N) is 1. The maximum absolute atomic E-state index is 11.7. The number of rotatable bonds is 5. The minimum atomic E-state index is -0.493. The molecule has 0 saturated carbocycles. The molecular weight excluding hydrogens is 354 g/mol. The third-order valence-electron chi connectivity index (χ3n) is 3.88. The minimum Gasteiger partial charge on any atom is -0.334 e. The number of aromatic nitrogens is 2. The molecule has 26 heavy (non-hydrogen) atoms. The molecule has 0 aliphatic carbocycles. The van der Waals surface area contributed by atoms with Gasteiger partial charge in [-0.15, -0.1) is 0 Å². The Morgan fingerprint density at radius 3 is 2.54 bits per heavy atom. The van der Waals surface area contributed by atoms with Crippen LogP contribution in [0.3, 0.4) is 0 Å². The number of benzene rings is 2. The summed E-state index contributed by atoms with van der Waals surface area (Å²) in [6.45, 7) is 1.88. The van der Waals surface area contributed by atoms with Crippen LogP contribution in [-0.2, 0) is 0 Å². The Morgan fingerprint density at radius 1 is 1.15 bits per heavy atom. The van der Waals surface area contributed by atoms with Gasteiger partial charge in [0.15, 0.2) is 0 Å². The Labute approximate surface area is 155 Å². The van der Waals surface area contributed by atoms with Gasteiger partial charge < -0.3 is 10.2 Å². The molecule has 0 atom stereocenters. The third-order valence-corrected chi connectivity index (χ3v) is 4.29. The van der Waals surface area contributed by atoms with Gasteiger partial charge in [-0.05, 0) is 36.8 Å². The van der Waals surface area contributed by atoms with Gasteiger partial charge in [0.05, 0.1) is 4.92 Å². The van der Waals surface area contributed by atoms with Gasteiger partial charge >= 0.3 is 5.69 Å². The van der Waals surface area contributed by atoms with Gasteiger partial charge in [0, 0.05) is 23.4 Å². The van der Waals surface area contributed by atoms with E-state index < -0.39 is 4.92 Å². The Hall–Kier alpha value is -3.19. The molecule has 1 aromatic heterocycles. The predicted octanol–water partition coefficient (Wildman–Crippen LogP) is 4.86. The van der Waals surface area contributed by atoms with Crippen LogP contribution in [-0.4, -0.2) is 21.9 Å². The van der Waals surface area contributed by atoms with Gasteiger partial charge in [-0.1, -0.05) is 35.9 Å². The van der Waals surface area contributed by atoms with Crippen molar-refractivity contribution in [3.05, 3.63) is 75.6 Å². The molecule has 0 saturated heterocycles. The molecule has 3 rings (SSSR count). The van der Waals surface area contributed by atoms with Crippen LogP contribution in [0.1, 0.15) is 5.56 Å². The summed E-state index contributed by atoms with van der Waals surface area (Å²) in [5.41, 5.74) is 2.09. The lowest BCUT2D eigenvalue weighted by molar-refractivity contribution is -0.383. The summed E-state index contributed by atoms with van der Waals surface area (Å²) in [6.07, 6.45) is 1.29. The van der Waals surface area contributed by atoms with E-state index in [0.29, 0.717) is 10.7 Å². The molecule has 0 bridgehead atoms. The molecule has 132 valence electrons. The van der Waals surface area contributed by atoms with Crippen LogP contribution in [0.25, 0.3) is 0 Å². The van der Waals surface area contributed by atoms with Crippen molar-refractivity contribution in [2.45, 2.75) is 6.92 Å². The monoisotopic (exact) mass is 369 g/mol. The number of para-hydroxylation sites is 1. The maximum Gasteiger partial charge on any atom is 0.354 e. The first-order chi connectivity index (χ1) is 12.5. The zero-order chi connectivity index (χ0) is 18.7. The minimum absolute atomic E-state index is 0.0997. The van der Waals surface area contributed by atoms with Crippen molar-refractivity contribution in [3.63, 3.8) is 0 Å². The fraction of sp³-hybridized carbons (Fsp3) is 0.111. The molecule has 0 radical (unpaired) electrons. The molecule has 7 nitrogen and oxygen atoms in total. The van der Waals surface area contributed by atoms with Crippen molar-refractivity contribution < 1.29 is 4.92 Å². The normalized spacial score (nSPS) is 10.4. The lowest BCUT2D eigenvalue weighted by Crippen LogP contribution is -2.15. The van der Waals surface area contributed by atoms with E-state index in [-0.39, 0.29) is 17.3 Å². The first-order valence-electron chi connectivity index (χ1n) is 7.78. The molecule has 3 aromatic rings. The Balaban J connectivity index is 2.03. The molecule has 0 aliphatic heterocycles. The molecule has 0 spiro atoms. The second kappa shape index (κ2) is 7.37. The first-order valence-corrected chi connectivity index (χ1v) is 8.16. The Bertz CT molecular complexity index is 950. The van der Waals surface area contributed by atoms with Crippen LogP contribution in [0, 0.1) is 17.0 Å². The zero-order valence-electron chi connectivity index (χ0n) is 14.2. The third kappa shape index (κ3) is 3.57. The van der Waals surface area contributed by atoms with Crippen LogP contribution in [0.15, 0.2) is 54.9 Å². The van der Waals surface area contributed by atoms with Gasteiger partial charge in [0.25, 0.3) is 0 Å². The summed E-state index contributed by atoms with van der Waals surface area (Å²) in [6, 6.07) is 14.6. The average Bonchev–Trinajstić information content (AvgIpc) is 2.64. The molecular formula is C18H16ClN5O2. The van der Waals surface area contributed by atoms with Crippen LogP contribution in [0.2, 0.25) is 5.02 Å². The SMILES string of the molecule is Cc1ccc(Nc2ncnc(N(C)c3ccccc3)c2[N+](=O)[O-])cc1Cl. The molecule has 0 fully saturated rings. The highest BCUT2D eigenvalue weighted by Gasteiger charge is 2.26. The van der Waals surface area contributed by atoms with Gasteiger partial charge in [0.2, 0.25) is 11.6 Å². The Kier molecular flexibility index (Phi) is 4.99. The standard InChI is InChI=1S/C18H16ClN5O2/c1-12-8-9-13(10-15(12)19)22-17-16(24(25)26)18(21-11-20-17)23(2)14-6-4-3-5-7-14/h3-11H,1-2H3,(H,20,21,22). The van der Waals surface area contributed by atoms with E-state index in [1.165, 1.54) is 6.33 Å². The highest BCUT2D eigenvalue weighted by atomic mass is 35.5. The molecule has 0 unspecified atom stereocenters. The first kappa shape index (κ1) is 17.6. The van der Waals surface area contributed by atoms with Crippen molar-refractivity contribution in [3.8, 4) is 0 Å². The lowest BCUT2D eigenvalue weighted by atomic mass is 10.2. The number of anilines is 4. The molecule has 1 N–H and O–H groups in total. The average molecular weight is 370 g/mol. The summed E-state index contributed by atoms with van der Waals surface area (Å²) in [4.78, 5) is 21.0. The topological polar surface area (TPSA) is 84.2 Å². The summed E-state index contributed by atoms with van der Waals surface area (Å²) in [5, 5.41) is 15.3. The van der Waals surface area contributed by atoms with Gasteiger partial charge in [-0.25, -0.2) is 9.97 Å². The predicted molar refractivity (Wildman–Crippen MR) is 103 cm³/mol.